The second-order valence-electron chi connectivity index (χ2n) is 7.54. The van der Waals surface area contributed by atoms with Crippen molar-refractivity contribution in [2.45, 2.75) is 12.5 Å². The van der Waals surface area contributed by atoms with E-state index in [1.165, 1.54) is 6.20 Å². The number of carboxylic acids is 1. The molecule has 178 valence electrons. The van der Waals surface area contributed by atoms with E-state index in [1.54, 1.807) is 36.4 Å². The van der Waals surface area contributed by atoms with Crippen molar-refractivity contribution >= 4 is 23.3 Å². The number of aliphatic imine (C=N–C) groups is 1. The van der Waals surface area contributed by atoms with Gasteiger partial charge in [-0.25, -0.2) is 4.79 Å². The second-order valence-corrected chi connectivity index (χ2v) is 7.54. The number of para-hydroxylation sites is 1. The van der Waals surface area contributed by atoms with Gasteiger partial charge in [0.05, 0.1) is 11.4 Å². The minimum absolute atomic E-state index is 0. The largest absolute Gasteiger partial charge is 0.621 e. The molecule has 0 aliphatic heterocycles. The molecule has 0 aliphatic rings. The van der Waals surface area contributed by atoms with Crippen LogP contribution < -0.4 is 0 Å². The van der Waals surface area contributed by atoms with E-state index < -0.39 is 17.9 Å². The summed E-state index contributed by atoms with van der Waals surface area (Å²) in [6.07, 6.45) is 1.77. The standard InChI is InChI=1S/C28H23N3O3.Ni/c32-27(24-17-9-10-18-29-24)31-23-16-8-7-15-22(23)26(21-13-5-2-6-14-21)30-25(28(33)34)19-20-11-3-1-4-12-20;/h1-18,25H,19H2,(H2,30,31,32,33,34);/p-1/t25-;/m1./s1. The molecule has 1 atom stereocenters. The van der Waals surface area contributed by atoms with Crippen LogP contribution in [0.5, 0.6) is 0 Å². The van der Waals surface area contributed by atoms with Crippen molar-refractivity contribution in [2.24, 2.45) is 4.99 Å². The first kappa shape index (κ1) is 25.5. The monoisotopic (exact) mass is 506 g/mol. The Morgan fingerprint density at radius 1 is 0.829 bits per heavy atom. The van der Waals surface area contributed by atoms with Gasteiger partial charge in [0.15, 0.2) is 6.04 Å². The van der Waals surface area contributed by atoms with Crippen LogP contribution in [0.1, 0.15) is 27.2 Å². The number of aliphatic carboxylic acids is 1. The number of benzene rings is 3. The van der Waals surface area contributed by atoms with Crippen molar-refractivity contribution in [3.8, 4) is 0 Å². The molecule has 7 heteroatoms. The van der Waals surface area contributed by atoms with Crippen LogP contribution in [0.15, 0.2) is 114 Å². The number of rotatable bonds is 8. The fourth-order valence-electron chi connectivity index (χ4n) is 3.50. The van der Waals surface area contributed by atoms with Gasteiger partial charge in [0.2, 0.25) is 0 Å². The fourth-order valence-corrected chi connectivity index (χ4v) is 3.50. The Morgan fingerprint density at radius 3 is 2.11 bits per heavy atom. The summed E-state index contributed by atoms with van der Waals surface area (Å²) in [6, 6.07) is 29.8. The number of carbonyl (C=O) groups is 2. The van der Waals surface area contributed by atoms with E-state index in [4.69, 9.17) is 0 Å². The van der Waals surface area contributed by atoms with E-state index in [2.05, 4.69) is 15.3 Å². The molecule has 6 nitrogen and oxygen atoms in total. The van der Waals surface area contributed by atoms with Gasteiger partial charge in [-0.3, -0.25) is 9.98 Å². The molecule has 0 fully saturated rings. The van der Waals surface area contributed by atoms with E-state index in [1.807, 2.05) is 66.7 Å². The summed E-state index contributed by atoms with van der Waals surface area (Å²) in [7, 11) is 0. The van der Waals surface area contributed by atoms with Crippen LogP contribution in [-0.2, 0) is 27.7 Å². The molecule has 0 aliphatic carbocycles. The third kappa shape index (κ3) is 6.72. The molecule has 4 rings (SSSR count). The Hall–Kier alpha value is -4.09. The molecule has 4 aromatic rings. The number of nitrogens with zero attached hydrogens (tertiary/aromatic N) is 3. The molecular formula is C28H22N3NiO3-. The number of hydrogen-bond donors (Lipinski definition) is 1. The number of carboxylic acid groups (broad SMARTS) is 1. The van der Waals surface area contributed by atoms with E-state index in [-0.39, 0.29) is 28.6 Å². The minimum atomic E-state index is -1.03. The molecule has 1 heterocycles. The zero-order valence-corrected chi connectivity index (χ0v) is 19.6. The predicted octanol–water partition coefficient (Wildman–Crippen LogP) is 5.46. The van der Waals surface area contributed by atoms with Gasteiger partial charge in [-0.2, -0.15) is 0 Å². The quantitative estimate of drug-likeness (QED) is 0.253. The van der Waals surface area contributed by atoms with Crippen molar-refractivity contribution in [2.75, 3.05) is 0 Å². The molecule has 1 amide bonds. The SMILES string of the molecule is O=C([N-]c1ccccc1C(=N[C@H](Cc1ccccc1)C(=O)O)c1ccccc1)c1ccccn1.[Ni]. The Bertz CT molecular complexity index is 1300. The molecule has 0 saturated carbocycles. The number of carbonyl (C=O) groups excluding carboxylic acids is 1. The summed E-state index contributed by atoms with van der Waals surface area (Å²) in [5.74, 6) is -1.52. The molecule has 0 bridgehead atoms. The number of hydrogen-bond acceptors (Lipinski definition) is 4. The summed E-state index contributed by atoms with van der Waals surface area (Å²) in [5, 5.41) is 14.2. The van der Waals surface area contributed by atoms with Crippen LogP contribution in [0.25, 0.3) is 5.32 Å². The summed E-state index contributed by atoms with van der Waals surface area (Å²) >= 11 is 0. The summed E-state index contributed by atoms with van der Waals surface area (Å²) in [4.78, 5) is 33.6. The number of pyridine rings is 1. The zero-order chi connectivity index (χ0) is 23.8. The Balaban J connectivity index is 0.00000342. The van der Waals surface area contributed by atoms with Crippen LogP contribution in [0.2, 0.25) is 0 Å². The summed E-state index contributed by atoms with van der Waals surface area (Å²) < 4.78 is 0. The van der Waals surface area contributed by atoms with Gasteiger partial charge in [-0.15, -0.1) is 5.69 Å². The van der Waals surface area contributed by atoms with E-state index in [0.717, 1.165) is 11.1 Å². The maximum Gasteiger partial charge on any atom is 0.328 e. The van der Waals surface area contributed by atoms with Crippen LogP contribution in [0.3, 0.4) is 0 Å². The average Bonchev–Trinajstić information content (AvgIpc) is 2.88. The second kappa shape index (κ2) is 12.4. The molecular weight excluding hydrogens is 485 g/mol. The normalized spacial score (nSPS) is 11.7. The van der Waals surface area contributed by atoms with E-state index in [0.29, 0.717) is 17.0 Å². The first-order valence-corrected chi connectivity index (χ1v) is 10.8. The van der Waals surface area contributed by atoms with Gasteiger partial charge in [0.25, 0.3) is 0 Å². The molecule has 0 unspecified atom stereocenters. The summed E-state index contributed by atoms with van der Waals surface area (Å²) in [6.45, 7) is 0. The van der Waals surface area contributed by atoms with Gasteiger partial charge < -0.3 is 15.2 Å². The topological polar surface area (TPSA) is 93.7 Å². The van der Waals surface area contributed by atoms with Crippen molar-refractivity contribution in [1.82, 2.24) is 4.98 Å². The average molecular weight is 507 g/mol. The number of aromatic nitrogens is 1. The van der Waals surface area contributed by atoms with E-state index >= 15 is 0 Å². The Labute approximate surface area is 213 Å². The van der Waals surface area contributed by atoms with Gasteiger partial charge in [0.1, 0.15) is 5.91 Å². The Morgan fingerprint density at radius 2 is 1.46 bits per heavy atom. The third-order valence-corrected chi connectivity index (χ3v) is 5.15. The smallest absolute Gasteiger partial charge is 0.328 e. The van der Waals surface area contributed by atoms with Crippen LogP contribution in [0, 0.1) is 0 Å². The predicted molar refractivity (Wildman–Crippen MR) is 132 cm³/mol. The van der Waals surface area contributed by atoms with Crippen LogP contribution in [0.4, 0.5) is 5.69 Å². The molecule has 0 radical (unpaired) electrons. The van der Waals surface area contributed by atoms with Crippen molar-refractivity contribution in [3.63, 3.8) is 0 Å². The molecule has 0 saturated heterocycles. The molecule has 35 heavy (non-hydrogen) atoms. The minimum Gasteiger partial charge on any atom is -0.621 e. The third-order valence-electron chi connectivity index (χ3n) is 5.15. The Kier molecular flexibility index (Phi) is 9.04. The van der Waals surface area contributed by atoms with Gasteiger partial charge >= 0.3 is 5.97 Å². The van der Waals surface area contributed by atoms with Crippen LogP contribution >= 0.6 is 0 Å². The molecule has 0 spiro atoms. The van der Waals surface area contributed by atoms with Crippen molar-refractivity contribution in [1.29, 1.82) is 0 Å². The van der Waals surface area contributed by atoms with E-state index in [9.17, 15) is 14.7 Å². The molecule has 1 aromatic heterocycles. The zero-order valence-electron chi connectivity index (χ0n) is 18.6. The molecule has 1 N–H and O–H groups in total. The molecule has 3 aromatic carbocycles. The van der Waals surface area contributed by atoms with Crippen molar-refractivity contribution in [3.05, 3.63) is 137 Å². The summed E-state index contributed by atoms with van der Waals surface area (Å²) in [5.41, 5.74) is 3.24. The van der Waals surface area contributed by atoms with Gasteiger partial charge in [-0.1, -0.05) is 91.0 Å². The number of amides is 1. The van der Waals surface area contributed by atoms with Gasteiger partial charge in [0, 0.05) is 34.7 Å². The first-order valence-electron chi connectivity index (χ1n) is 10.8. The van der Waals surface area contributed by atoms with Crippen molar-refractivity contribution < 1.29 is 31.2 Å². The van der Waals surface area contributed by atoms with Crippen LogP contribution in [-0.4, -0.2) is 33.7 Å². The van der Waals surface area contributed by atoms with Gasteiger partial charge in [-0.05, 0) is 23.3 Å². The maximum absolute atomic E-state index is 12.7. The first-order chi connectivity index (χ1) is 16.6. The fraction of sp³-hybridized carbons (Fsp3) is 0.0714. The maximum atomic E-state index is 12.7.